The minimum Gasteiger partial charge on any atom is -0.387 e. The van der Waals surface area contributed by atoms with E-state index in [4.69, 9.17) is 4.74 Å². The Hall–Kier alpha value is -0.940. The van der Waals surface area contributed by atoms with Crippen molar-refractivity contribution in [1.82, 2.24) is 5.32 Å². The summed E-state index contributed by atoms with van der Waals surface area (Å²) in [7, 11) is 0. The molecule has 3 nitrogen and oxygen atoms in total. The smallest absolute Gasteiger partial charge is 0.0917 e. The summed E-state index contributed by atoms with van der Waals surface area (Å²) >= 11 is 1.77. The van der Waals surface area contributed by atoms with Gasteiger partial charge in [-0.25, -0.2) is 0 Å². The third-order valence-corrected chi connectivity index (χ3v) is 4.57. The lowest BCUT2D eigenvalue weighted by Gasteiger charge is -2.37. The molecule has 1 aromatic heterocycles. The summed E-state index contributed by atoms with van der Waals surface area (Å²) in [5, 5.41) is 16.4. The lowest BCUT2D eigenvalue weighted by molar-refractivity contribution is -0.0383. The van der Waals surface area contributed by atoms with E-state index in [1.165, 1.54) is 15.6 Å². The molecule has 0 radical (unpaired) electrons. The molecule has 1 aliphatic heterocycles. The van der Waals surface area contributed by atoms with Gasteiger partial charge in [0.05, 0.1) is 12.2 Å². The average molecular weight is 277 g/mol. The highest BCUT2D eigenvalue weighted by molar-refractivity contribution is 7.17. The Bertz CT molecular complexity index is 548. The summed E-state index contributed by atoms with van der Waals surface area (Å²) in [6, 6.07) is 8.74. The molecule has 0 atom stereocenters. The predicted octanol–water partition coefficient (Wildman–Crippen LogP) is 2.18. The van der Waals surface area contributed by atoms with Crippen molar-refractivity contribution >= 4 is 21.4 Å². The lowest BCUT2D eigenvalue weighted by Crippen LogP contribution is -2.59. The number of rotatable bonds is 6. The third kappa shape index (κ3) is 3.15. The number of thiophene rings is 1. The fourth-order valence-corrected chi connectivity index (χ4v) is 3.09. The standard InChI is InChI=1S/C15H19NO2S/c17-15(10-16-11-15)5-7-18-6-3-12-1-2-14-13(9-12)4-8-19-14/h1-2,4,8-9,16-17H,3,5-7,10-11H2. The van der Waals surface area contributed by atoms with Gasteiger partial charge in [0, 0.05) is 30.8 Å². The van der Waals surface area contributed by atoms with Crippen LogP contribution in [0.4, 0.5) is 0 Å². The van der Waals surface area contributed by atoms with Crippen LogP contribution < -0.4 is 5.32 Å². The van der Waals surface area contributed by atoms with E-state index >= 15 is 0 Å². The maximum atomic E-state index is 9.88. The number of fused-ring (bicyclic) bond motifs is 1. The van der Waals surface area contributed by atoms with Gasteiger partial charge in [-0.2, -0.15) is 0 Å². The highest BCUT2D eigenvalue weighted by atomic mass is 32.1. The zero-order valence-corrected chi connectivity index (χ0v) is 11.7. The Labute approximate surface area is 117 Å². The topological polar surface area (TPSA) is 41.5 Å². The molecule has 0 saturated carbocycles. The molecule has 1 fully saturated rings. The molecule has 0 amide bonds. The molecule has 1 aliphatic rings. The number of hydrogen-bond acceptors (Lipinski definition) is 4. The van der Waals surface area contributed by atoms with E-state index in [0.29, 0.717) is 19.7 Å². The number of benzene rings is 1. The summed E-state index contributed by atoms with van der Waals surface area (Å²) in [5.74, 6) is 0. The van der Waals surface area contributed by atoms with Crippen molar-refractivity contribution in [1.29, 1.82) is 0 Å². The number of ether oxygens (including phenoxy) is 1. The summed E-state index contributed by atoms with van der Waals surface area (Å²) in [6.07, 6.45) is 1.66. The monoisotopic (exact) mass is 277 g/mol. The molecule has 3 rings (SSSR count). The van der Waals surface area contributed by atoms with Crippen molar-refractivity contribution < 1.29 is 9.84 Å². The van der Waals surface area contributed by atoms with Gasteiger partial charge in [-0.3, -0.25) is 0 Å². The fraction of sp³-hybridized carbons (Fsp3) is 0.467. The fourth-order valence-electron chi connectivity index (χ4n) is 2.32. The van der Waals surface area contributed by atoms with Gasteiger partial charge in [-0.05, 0) is 34.9 Å². The molecule has 2 N–H and O–H groups in total. The van der Waals surface area contributed by atoms with Crippen LogP contribution in [0.2, 0.25) is 0 Å². The first-order valence-corrected chi connectivity index (χ1v) is 7.60. The highest BCUT2D eigenvalue weighted by Gasteiger charge is 2.33. The van der Waals surface area contributed by atoms with Gasteiger partial charge in [0.1, 0.15) is 0 Å². The first kappa shape index (κ1) is 13.1. The number of β-amino-alcohol motifs (C(OH)–C–C–N with tert-alkyl or cyclic N) is 1. The molecule has 0 aliphatic carbocycles. The number of hydrogen-bond donors (Lipinski definition) is 2. The molecule has 0 spiro atoms. The molecule has 2 heterocycles. The Balaban J connectivity index is 1.41. The van der Waals surface area contributed by atoms with Crippen LogP contribution in [0, 0.1) is 0 Å². The molecular formula is C15H19NO2S. The van der Waals surface area contributed by atoms with Gasteiger partial charge < -0.3 is 15.2 Å². The van der Waals surface area contributed by atoms with Crippen LogP contribution in [0.1, 0.15) is 12.0 Å². The number of nitrogens with one attached hydrogen (secondary N) is 1. The maximum Gasteiger partial charge on any atom is 0.0917 e. The van der Waals surface area contributed by atoms with Crippen molar-refractivity contribution in [3.8, 4) is 0 Å². The third-order valence-electron chi connectivity index (χ3n) is 3.67. The van der Waals surface area contributed by atoms with E-state index in [0.717, 1.165) is 19.4 Å². The quantitative estimate of drug-likeness (QED) is 0.795. The van der Waals surface area contributed by atoms with E-state index < -0.39 is 5.60 Å². The van der Waals surface area contributed by atoms with Crippen LogP contribution in [-0.2, 0) is 11.2 Å². The Morgan fingerprint density at radius 2 is 2.16 bits per heavy atom. The van der Waals surface area contributed by atoms with Crippen LogP contribution in [0.5, 0.6) is 0 Å². The summed E-state index contributed by atoms with van der Waals surface area (Å²) in [5.41, 5.74) is 0.796. The van der Waals surface area contributed by atoms with E-state index in [1.807, 2.05) is 0 Å². The van der Waals surface area contributed by atoms with Crippen LogP contribution in [0.15, 0.2) is 29.6 Å². The number of aliphatic hydroxyl groups is 1. The zero-order valence-electron chi connectivity index (χ0n) is 10.9. The lowest BCUT2D eigenvalue weighted by atomic mass is 9.94. The second kappa shape index (κ2) is 5.59. The van der Waals surface area contributed by atoms with Crippen molar-refractivity contribution in [2.45, 2.75) is 18.4 Å². The second-order valence-electron chi connectivity index (χ2n) is 5.23. The molecular weight excluding hydrogens is 258 g/mol. The normalized spacial score (nSPS) is 17.5. The van der Waals surface area contributed by atoms with Crippen LogP contribution >= 0.6 is 11.3 Å². The minimum atomic E-state index is -0.518. The summed E-state index contributed by atoms with van der Waals surface area (Å²) < 4.78 is 6.95. The highest BCUT2D eigenvalue weighted by Crippen LogP contribution is 2.22. The van der Waals surface area contributed by atoms with Gasteiger partial charge in [-0.15, -0.1) is 11.3 Å². The first-order chi connectivity index (χ1) is 9.25. The molecule has 19 heavy (non-hydrogen) atoms. The van der Waals surface area contributed by atoms with Gasteiger partial charge >= 0.3 is 0 Å². The SMILES string of the molecule is OC1(CCOCCc2ccc3sccc3c2)CNC1. The second-order valence-corrected chi connectivity index (χ2v) is 6.18. The van der Waals surface area contributed by atoms with Crippen molar-refractivity contribution in [3.63, 3.8) is 0 Å². The van der Waals surface area contributed by atoms with Gasteiger partial charge in [-0.1, -0.05) is 12.1 Å². The molecule has 4 heteroatoms. The molecule has 0 bridgehead atoms. The molecule has 2 aromatic rings. The van der Waals surface area contributed by atoms with Crippen LogP contribution in [0.25, 0.3) is 10.1 Å². The maximum absolute atomic E-state index is 9.88. The van der Waals surface area contributed by atoms with Crippen LogP contribution in [0.3, 0.4) is 0 Å². The van der Waals surface area contributed by atoms with E-state index in [-0.39, 0.29) is 0 Å². The van der Waals surface area contributed by atoms with Crippen LogP contribution in [-0.4, -0.2) is 37.0 Å². The van der Waals surface area contributed by atoms with E-state index in [2.05, 4.69) is 35.0 Å². The van der Waals surface area contributed by atoms with E-state index in [9.17, 15) is 5.11 Å². The Morgan fingerprint density at radius 3 is 2.95 bits per heavy atom. The molecule has 102 valence electrons. The largest absolute Gasteiger partial charge is 0.387 e. The van der Waals surface area contributed by atoms with Crippen molar-refractivity contribution in [2.24, 2.45) is 0 Å². The van der Waals surface area contributed by atoms with Crippen molar-refractivity contribution in [2.75, 3.05) is 26.3 Å². The molecule has 0 unspecified atom stereocenters. The molecule has 1 aromatic carbocycles. The van der Waals surface area contributed by atoms with E-state index in [1.54, 1.807) is 11.3 Å². The summed E-state index contributed by atoms with van der Waals surface area (Å²) in [6.45, 7) is 2.76. The predicted molar refractivity (Wildman–Crippen MR) is 78.8 cm³/mol. The average Bonchev–Trinajstić information content (AvgIpc) is 2.83. The zero-order chi connectivity index (χ0) is 13.1. The Morgan fingerprint density at radius 1 is 1.26 bits per heavy atom. The Kier molecular flexibility index (Phi) is 3.84. The first-order valence-electron chi connectivity index (χ1n) is 6.72. The van der Waals surface area contributed by atoms with Gasteiger partial charge in [0.15, 0.2) is 0 Å². The minimum absolute atomic E-state index is 0.518. The van der Waals surface area contributed by atoms with Gasteiger partial charge in [0.25, 0.3) is 0 Å². The summed E-state index contributed by atoms with van der Waals surface area (Å²) in [4.78, 5) is 0. The van der Waals surface area contributed by atoms with Crippen molar-refractivity contribution in [3.05, 3.63) is 35.2 Å². The van der Waals surface area contributed by atoms with Gasteiger partial charge in [0.2, 0.25) is 0 Å². The molecule has 1 saturated heterocycles.